The Morgan fingerprint density at radius 1 is 1.30 bits per heavy atom. The molecule has 0 saturated carbocycles. The summed E-state index contributed by atoms with van der Waals surface area (Å²) in [6.07, 6.45) is 7.47. The number of thiophene rings is 1. The molecule has 0 radical (unpaired) electrons. The summed E-state index contributed by atoms with van der Waals surface area (Å²) in [7, 11) is 0. The van der Waals surface area contributed by atoms with Crippen molar-refractivity contribution in [3.05, 3.63) is 21.4 Å². The maximum Gasteiger partial charge on any atom is 0.261 e. The Bertz CT molecular complexity index is 431. The lowest BCUT2D eigenvalue weighted by molar-refractivity contribution is 0.0822. The van der Waals surface area contributed by atoms with Crippen molar-refractivity contribution >= 4 is 17.2 Å². The predicted molar refractivity (Wildman–Crippen MR) is 83.4 cm³/mol. The first kappa shape index (κ1) is 15.5. The van der Waals surface area contributed by atoms with Gasteiger partial charge in [-0.15, -0.1) is 11.3 Å². The van der Waals surface area contributed by atoms with Crippen LogP contribution in [-0.4, -0.2) is 23.2 Å². The number of aryl methyl sites for hydroxylation is 2. The molecule has 2 N–H and O–H groups in total. The number of fused-ring (bicyclic) bond motifs is 1. The quantitative estimate of drug-likeness (QED) is 0.819. The summed E-state index contributed by atoms with van der Waals surface area (Å²) in [4.78, 5) is 14.6. The molecule has 0 aromatic carbocycles. The standard InChI is InChI=1S/C16H25NO2S/c1-3-16(4-2,11-18)17-15(19)14-10-12-8-6-5-7-9-13(12)20-14/h10,18H,3-9,11H2,1-2H3,(H,17,19). The summed E-state index contributed by atoms with van der Waals surface area (Å²) in [5.74, 6) is -0.0270. The fourth-order valence-electron chi connectivity index (χ4n) is 2.77. The highest BCUT2D eigenvalue weighted by Gasteiger charge is 2.28. The van der Waals surface area contributed by atoms with Gasteiger partial charge < -0.3 is 10.4 Å². The fourth-order valence-corrected chi connectivity index (χ4v) is 3.92. The van der Waals surface area contributed by atoms with Gasteiger partial charge in [0, 0.05) is 4.88 Å². The summed E-state index contributed by atoms with van der Waals surface area (Å²) >= 11 is 1.64. The molecule has 0 spiro atoms. The third kappa shape index (κ3) is 3.23. The van der Waals surface area contributed by atoms with E-state index in [4.69, 9.17) is 0 Å². The number of hydrogen-bond donors (Lipinski definition) is 2. The fraction of sp³-hybridized carbons (Fsp3) is 0.688. The summed E-state index contributed by atoms with van der Waals surface area (Å²) in [5, 5.41) is 12.6. The van der Waals surface area contributed by atoms with Crippen molar-refractivity contribution in [3.63, 3.8) is 0 Å². The summed E-state index contributed by atoms with van der Waals surface area (Å²) in [6.45, 7) is 4.00. The van der Waals surface area contributed by atoms with Crippen molar-refractivity contribution in [3.8, 4) is 0 Å². The average molecular weight is 295 g/mol. The molecule has 1 heterocycles. The molecule has 0 atom stereocenters. The minimum absolute atomic E-state index is 0.00315. The molecule has 0 aliphatic heterocycles. The van der Waals surface area contributed by atoms with Gasteiger partial charge in [-0.3, -0.25) is 4.79 Å². The van der Waals surface area contributed by atoms with E-state index in [1.54, 1.807) is 11.3 Å². The van der Waals surface area contributed by atoms with Crippen LogP contribution >= 0.6 is 11.3 Å². The van der Waals surface area contributed by atoms with Crippen LogP contribution in [0.25, 0.3) is 0 Å². The largest absolute Gasteiger partial charge is 0.394 e. The Morgan fingerprint density at radius 2 is 2.00 bits per heavy atom. The van der Waals surface area contributed by atoms with Crippen molar-refractivity contribution in [2.24, 2.45) is 0 Å². The van der Waals surface area contributed by atoms with Crippen molar-refractivity contribution < 1.29 is 9.90 Å². The van der Waals surface area contributed by atoms with Gasteiger partial charge in [0.1, 0.15) is 0 Å². The number of amides is 1. The Balaban J connectivity index is 2.13. The minimum Gasteiger partial charge on any atom is -0.394 e. The normalized spacial score (nSPS) is 15.6. The molecule has 4 heteroatoms. The van der Waals surface area contributed by atoms with Crippen LogP contribution in [0.2, 0.25) is 0 Å². The highest BCUT2D eigenvalue weighted by atomic mass is 32.1. The number of aliphatic hydroxyl groups excluding tert-OH is 1. The molecule has 0 fully saturated rings. The van der Waals surface area contributed by atoms with Gasteiger partial charge >= 0.3 is 0 Å². The van der Waals surface area contributed by atoms with Crippen LogP contribution in [0.15, 0.2) is 6.07 Å². The number of nitrogens with one attached hydrogen (secondary N) is 1. The lowest BCUT2D eigenvalue weighted by atomic mass is 9.94. The molecule has 0 unspecified atom stereocenters. The molecule has 0 saturated heterocycles. The molecule has 112 valence electrons. The molecule has 3 nitrogen and oxygen atoms in total. The van der Waals surface area contributed by atoms with E-state index in [0.29, 0.717) is 0 Å². The maximum absolute atomic E-state index is 12.4. The maximum atomic E-state index is 12.4. The van der Waals surface area contributed by atoms with Crippen molar-refractivity contribution in [1.82, 2.24) is 5.32 Å². The molecule has 20 heavy (non-hydrogen) atoms. The Hall–Kier alpha value is -0.870. The Kier molecular flexibility index (Phi) is 5.22. The number of hydrogen-bond acceptors (Lipinski definition) is 3. The van der Waals surface area contributed by atoms with Crippen molar-refractivity contribution in [2.45, 2.75) is 64.3 Å². The van der Waals surface area contributed by atoms with Gasteiger partial charge in [-0.2, -0.15) is 0 Å². The number of aliphatic hydroxyl groups is 1. The SMILES string of the molecule is CCC(CC)(CO)NC(=O)c1cc2c(s1)CCCCC2. The molecule has 2 rings (SSSR count). The molecule has 1 aliphatic carbocycles. The summed E-state index contributed by atoms with van der Waals surface area (Å²) in [5.41, 5.74) is 0.888. The monoisotopic (exact) mass is 295 g/mol. The third-order valence-corrected chi connectivity index (χ3v) is 5.74. The first-order chi connectivity index (χ1) is 9.64. The van der Waals surface area contributed by atoms with E-state index in [1.165, 1.54) is 29.7 Å². The van der Waals surface area contributed by atoms with E-state index >= 15 is 0 Å². The van der Waals surface area contributed by atoms with E-state index in [9.17, 15) is 9.90 Å². The molecule has 1 aliphatic rings. The van der Waals surface area contributed by atoms with Gasteiger partial charge in [0.05, 0.1) is 17.0 Å². The molecule has 0 bridgehead atoms. The summed E-state index contributed by atoms with van der Waals surface area (Å²) in [6, 6.07) is 2.06. The van der Waals surface area contributed by atoms with Gasteiger partial charge in [-0.1, -0.05) is 20.3 Å². The van der Waals surface area contributed by atoms with Crippen LogP contribution in [0, 0.1) is 0 Å². The smallest absolute Gasteiger partial charge is 0.261 e. The van der Waals surface area contributed by atoms with Crippen molar-refractivity contribution in [1.29, 1.82) is 0 Å². The highest BCUT2D eigenvalue weighted by molar-refractivity contribution is 7.14. The number of carbonyl (C=O) groups is 1. The van der Waals surface area contributed by atoms with E-state index in [-0.39, 0.29) is 12.5 Å². The van der Waals surface area contributed by atoms with Gasteiger partial charge in [0.2, 0.25) is 0 Å². The van der Waals surface area contributed by atoms with Crippen LogP contribution in [-0.2, 0) is 12.8 Å². The molecule has 1 aromatic rings. The Labute approximate surface area is 125 Å². The zero-order valence-electron chi connectivity index (χ0n) is 12.5. The third-order valence-electron chi connectivity index (χ3n) is 4.51. The van der Waals surface area contributed by atoms with Gasteiger partial charge in [-0.25, -0.2) is 0 Å². The highest BCUT2D eigenvalue weighted by Crippen LogP contribution is 2.29. The van der Waals surface area contributed by atoms with Crippen LogP contribution in [0.3, 0.4) is 0 Å². The zero-order valence-corrected chi connectivity index (χ0v) is 13.3. The summed E-state index contributed by atoms with van der Waals surface area (Å²) < 4.78 is 0. The minimum atomic E-state index is -0.474. The van der Waals surface area contributed by atoms with Crippen LogP contribution < -0.4 is 5.32 Å². The first-order valence-corrected chi connectivity index (χ1v) is 8.50. The van der Waals surface area contributed by atoms with E-state index in [2.05, 4.69) is 11.4 Å². The second-order valence-corrected chi connectivity index (χ2v) is 6.86. The lowest BCUT2D eigenvalue weighted by Gasteiger charge is -2.30. The molecule has 1 aromatic heterocycles. The molecular weight excluding hydrogens is 270 g/mol. The molecule has 1 amide bonds. The van der Waals surface area contributed by atoms with Crippen molar-refractivity contribution in [2.75, 3.05) is 6.61 Å². The average Bonchev–Trinajstić information content (AvgIpc) is 2.76. The van der Waals surface area contributed by atoms with E-state index < -0.39 is 5.54 Å². The number of carbonyl (C=O) groups excluding carboxylic acids is 1. The van der Waals surface area contributed by atoms with E-state index in [0.717, 1.165) is 30.6 Å². The topological polar surface area (TPSA) is 49.3 Å². The zero-order chi connectivity index (χ0) is 14.6. The Morgan fingerprint density at radius 3 is 2.65 bits per heavy atom. The van der Waals surface area contributed by atoms with E-state index in [1.807, 2.05) is 13.8 Å². The second-order valence-electron chi connectivity index (χ2n) is 5.72. The lowest BCUT2D eigenvalue weighted by Crippen LogP contribution is -2.50. The second kappa shape index (κ2) is 6.72. The van der Waals surface area contributed by atoms with Gasteiger partial charge in [0.25, 0.3) is 5.91 Å². The van der Waals surface area contributed by atoms with Crippen LogP contribution in [0.1, 0.15) is 66.1 Å². The van der Waals surface area contributed by atoms with Crippen LogP contribution in [0.5, 0.6) is 0 Å². The van der Waals surface area contributed by atoms with Gasteiger partial charge in [-0.05, 0) is 50.2 Å². The van der Waals surface area contributed by atoms with Crippen LogP contribution in [0.4, 0.5) is 0 Å². The number of rotatable bonds is 5. The van der Waals surface area contributed by atoms with Gasteiger partial charge in [0.15, 0.2) is 0 Å². The molecular formula is C16H25NO2S. The predicted octanol–water partition coefficient (Wildman–Crippen LogP) is 3.30. The first-order valence-electron chi connectivity index (χ1n) is 7.69.